The van der Waals surface area contributed by atoms with Crippen LogP contribution in [-0.2, 0) is 47.7 Å². The summed E-state index contributed by atoms with van der Waals surface area (Å²) in [6, 6.07) is 6.85. The van der Waals surface area contributed by atoms with Crippen LogP contribution in [0.2, 0.25) is 0 Å². The summed E-state index contributed by atoms with van der Waals surface area (Å²) in [6.45, 7) is -9.64. The van der Waals surface area contributed by atoms with E-state index in [1.54, 1.807) is 0 Å². The smallest absolute Gasteiger partial charge is 0.288 e. The number of nitrogens with zero attached hydrogens (tertiary/aromatic N) is 1. The highest BCUT2D eigenvalue weighted by molar-refractivity contribution is 7.87. The summed E-state index contributed by atoms with van der Waals surface area (Å²) in [6.07, 6.45) is -12.7. The van der Waals surface area contributed by atoms with Crippen molar-refractivity contribution in [3.8, 4) is 11.1 Å². The van der Waals surface area contributed by atoms with Gasteiger partial charge in [0.2, 0.25) is 5.91 Å². The molecule has 3 aromatic rings. The second-order valence-corrected chi connectivity index (χ2v) is 20.7. The van der Waals surface area contributed by atoms with Crippen molar-refractivity contribution in [1.29, 1.82) is 0 Å². The molecule has 0 saturated heterocycles. The molecule has 0 fully saturated rings. The lowest BCUT2D eigenvalue weighted by Crippen LogP contribution is -2.59. The molecule has 0 unspecified atom stereocenters. The Hall–Kier alpha value is -5.60. The molecule has 38 heteroatoms. The highest BCUT2D eigenvalue weighted by atomic mass is 32.2. The van der Waals surface area contributed by atoms with E-state index in [4.69, 9.17) is 0 Å². The van der Waals surface area contributed by atoms with Crippen LogP contribution in [-0.4, -0.2) is 124 Å². The molecule has 1 amide bonds. The van der Waals surface area contributed by atoms with E-state index >= 15 is 0 Å². The molecule has 3 aromatic carbocycles. The molecule has 79 heavy (non-hydrogen) atoms. The first kappa shape index (κ1) is 65.9. The molecular formula is C41H27F24NO10S3. The van der Waals surface area contributed by atoms with Gasteiger partial charge in [-0.25, -0.2) is 26.3 Å². The highest BCUT2D eigenvalue weighted by Gasteiger charge is 2.78. The first-order chi connectivity index (χ1) is 35.5. The number of anilines is 1. The third kappa shape index (κ3) is 12.4. The summed E-state index contributed by atoms with van der Waals surface area (Å²) in [5.41, 5.74) is -5.63. The van der Waals surface area contributed by atoms with Crippen molar-refractivity contribution in [2.75, 3.05) is 24.7 Å². The molecule has 0 atom stereocenters. The Morgan fingerprint density at radius 3 is 1.29 bits per heavy atom. The molecule has 0 bridgehead atoms. The average molecular weight is 1250 g/mol. The average Bonchev–Trinajstić information content (AvgIpc) is 3.65. The van der Waals surface area contributed by atoms with Crippen LogP contribution in [0.5, 0.6) is 0 Å². The van der Waals surface area contributed by atoms with E-state index < -0.39 is 177 Å². The van der Waals surface area contributed by atoms with E-state index in [0.29, 0.717) is 6.08 Å². The van der Waals surface area contributed by atoms with Crippen LogP contribution in [0.15, 0.2) is 106 Å². The summed E-state index contributed by atoms with van der Waals surface area (Å²) in [5.74, 6) is -63.2. The number of halogens is 24. The van der Waals surface area contributed by atoms with Crippen molar-refractivity contribution >= 4 is 47.5 Å². The normalized spacial score (nSPS) is 15.6. The van der Waals surface area contributed by atoms with Gasteiger partial charge in [0.1, 0.15) is 24.7 Å². The van der Waals surface area contributed by atoms with E-state index in [1.165, 1.54) is 30.3 Å². The largest absolute Gasteiger partial charge is 0.380 e. The van der Waals surface area contributed by atoms with Crippen molar-refractivity contribution in [2.45, 2.75) is 94.2 Å². The minimum atomic E-state index is -7.28. The molecule has 0 saturated carbocycles. The lowest BCUT2D eigenvalue weighted by atomic mass is 10.0. The molecule has 0 heterocycles. The van der Waals surface area contributed by atoms with E-state index in [-0.39, 0.29) is 30.0 Å². The van der Waals surface area contributed by atoms with E-state index in [1.807, 2.05) is 0 Å². The van der Waals surface area contributed by atoms with Crippen LogP contribution in [0.4, 0.5) is 111 Å². The molecule has 0 aromatic heterocycles. The Bertz CT molecular complexity index is 3210. The van der Waals surface area contributed by atoms with Crippen LogP contribution in [0.25, 0.3) is 16.7 Å². The van der Waals surface area contributed by atoms with Gasteiger partial charge in [0, 0.05) is 24.4 Å². The Labute approximate surface area is 427 Å². The van der Waals surface area contributed by atoms with Gasteiger partial charge in [-0.05, 0) is 64.7 Å². The number of alkyl halides is 24. The fourth-order valence-corrected chi connectivity index (χ4v) is 9.39. The zero-order chi connectivity index (χ0) is 60.9. The topological polar surface area (TPSA) is 150 Å². The number of para-hydroxylation sites is 1. The quantitative estimate of drug-likeness (QED) is 0.0356. The first-order valence-corrected chi connectivity index (χ1v) is 24.4. The second kappa shape index (κ2) is 22.0. The zero-order valence-electron chi connectivity index (χ0n) is 37.8. The van der Waals surface area contributed by atoms with Gasteiger partial charge in [-0.1, -0.05) is 42.5 Å². The number of carbonyl (C=O) groups excluding carboxylic acids is 1. The number of allylic oxidation sites excluding steroid dienone is 4. The Morgan fingerprint density at radius 1 is 0.494 bits per heavy atom. The molecule has 1 aliphatic carbocycles. The molecule has 0 radical (unpaired) electrons. The molecule has 4 rings (SSSR count). The van der Waals surface area contributed by atoms with Gasteiger partial charge in [0.15, 0.2) is 0 Å². The second-order valence-electron chi connectivity index (χ2n) is 15.8. The third-order valence-electron chi connectivity index (χ3n) is 10.5. The molecule has 0 aliphatic heterocycles. The Morgan fingerprint density at radius 2 is 0.886 bits per heavy atom. The van der Waals surface area contributed by atoms with Crippen LogP contribution >= 0.6 is 0 Å². The maximum atomic E-state index is 14.7. The molecule has 0 N–H and O–H groups in total. The standard InChI is InChI=1S/C41H27F24NO10S3/c1-20(67)66(21-8-4-2-5-9-21)13-7-3-6-10-24-26-14-22(77(68,69)74-17-33(48,49)39(60,61)36(54,55)30(42)43)11-12-25(26)29-27(24)15-23(78(70,71)75-18-34(50,51)40(62,63)37(56,57)31(44)45)16-28(29)79(72,73)76-19-35(52,53)41(64,65)38(58,59)32(46)47/h2-16,30-32H,17-19H2,1H3/b6-3+,13-7+,24-10+. The number of amides is 1. The van der Waals surface area contributed by atoms with Crippen molar-refractivity contribution in [3.63, 3.8) is 0 Å². The molecule has 1 aliphatic rings. The number of carbonyl (C=O) groups is 1. The predicted octanol–water partition coefficient (Wildman–Crippen LogP) is 11.9. The maximum absolute atomic E-state index is 14.7. The third-order valence-corrected chi connectivity index (χ3v) is 14.3. The first-order valence-electron chi connectivity index (χ1n) is 20.2. The monoisotopic (exact) mass is 1250 g/mol. The molecule has 0 spiro atoms. The van der Waals surface area contributed by atoms with Crippen LogP contribution in [0.3, 0.4) is 0 Å². The maximum Gasteiger partial charge on any atom is 0.380 e. The van der Waals surface area contributed by atoms with E-state index in [0.717, 1.165) is 36.3 Å². The van der Waals surface area contributed by atoms with Crippen molar-refractivity contribution in [3.05, 3.63) is 102 Å². The lowest BCUT2D eigenvalue weighted by Gasteiger charge is -2.32. The van der Waals surface area contributed by atoms with Gasteiger partial charge < -0.3 is 0 Å². The molecular weight excluding hydrogens is 1220 g/mol. The summed E-state index contributed by atoms with van der Waals surface area (Å²) in [7, 11) is -19.6. The highest BCUT2D eigenvalue weighted by Crippen LogP contribution is 2.54. The van der Waals surface area contributed by atoms with Crippen molar-refractivity contribution in [1.82, 2.24) is 0 Å². The minimum absolute atomic E-state index is 0.0486. The number of hydrogen-bond donors (Lipinski definition) is 0. The van der Waals surface area contributed by atoms with Crippen LogP contribution < -0.4 is 4.90 Å². The molecule has 11 nitrogen and oxygen atoms in total. The van der Waals surface area contributed by atoms with Gasteiger partial charge >= 0.3 is 72.6 Å². The van der Waals surface area contributed by atoms with Gasteiger partial charge in [0.05, 0.1) is 9.79 Å². The summed E-state index contributed by atoms with van der Waals surface area (Å²) in [5, 5.41) is 0. The zero-order valence-corrected chi connectivity index (χ0v) is 40.3. The number of rotatable bonds is 25. The Balaban J connectivity index is 2.06. The van der Waals surface area contributed by atoms with Gasteiger partial charge in [0.25, 0.3) is 30.4 Å². The summed E-state index contributed by atoms with van der Waals surface area (Å²) < 4.78 is 421. The van der Waals surface area contributed by atoms with Gasteiger partial charge in [-0.3, -0.25) is 22.2 Å². The number of fused-ring (bicyclic) bond motifs is 3. The van der Waals surface area contributed by atoms with E-state index in [2.05, 4.69) is 12.5 Å². The fourth-order valence-electron chi connectivity index (χ4n) is 6.25. The van der Waals surface area contributed by atoms with Gasteiger partial charge in [-0.2, -0.15) is 104 Å². The van der Waals surface area contributed by atoms with Crippen LogP contribution in [0.1, 0.15) is 18.1 Å². The number of hydrogen-bond acceptors (Lipinski definition) is 10. The lowest BCUT2D eigenvalue weighted by molar-refractivity contribution is -0.342. The fraction of sp³-hybridized carbons (Fsp3) is 0.390. The van der Waals surface area contributed by atoms with Crippen LogP contribution in [0, 0.1) is 0 Å². The minimum Gasteiger partial charge on any atom is -0.288 e. The Kier molecular flexibility index (Phi) is 18.4. The SMILES string of the molecule is CC(=O)N(/C=C/C=C/C=C1\c2cc(S(=O)(=O)OCC(F)(F)C(F)(F)C(F)(F)C(F)F)ccc2-c2c1cc(S(=O)(=O)OCC(F)(F)C(F)(F)C(F)(F)C(F)F)cc2S(=O)(=O)OCC(F)(F)C(F)(F)C(F)(F)C(F)F)c1ccccc1. The van der Waals surface area contributed by atoms with Crippen molar-refractivity contribution in [2.24, 2.45) is 0 Å². The summed E-state index contributed by atoms with van der Waals surface area (Å²) >= 11 is 0. The summed E-state index contributed by atoms with van der Waals surface area (Å²) in [4.78, 5) is 7.25. The predicted molar refractivity (Wildman–Crippen MR) is 219 cm³/mol. The van der Waals surface area contributed by atoms with Gasteiger partial charge in [-0.15, -0.1) is 0 Å². The van der Waals surface area contributed by atoms with E-state index in [9.17, 15) is 135 Å². The number of benzene rings is 3. The van der Waals surface area contributed by atoms with Crippen molar-refractivity contribution < 1.29 is 148 Å². The molecule has 442 valence electrons.